The van der Waals surface area contributed by atoms with Crippen LogP contribution in [0.15, 0.2) is 42.5 Å². The lowest BCUT2D eigenvalue weighted by Gasteiger charge is -2.33. The minimum atomic E-state index is -0.597. The Kier molecular flexibility index (Phi) is 6.01. The first kappa shape index (κ1) is 26.1. The van der Waals surface area contributed by atoms with Crippen LogP contribution in [-0.4, -0.2) is 53.0 Å². The highest BCUT2D eigenvalue weighted by Gasteiger charge is 2.56. The lowest BCUT2D eigenvalue weighted by atomic mass is 9.88. The van der Waals surface area contributed by atoms with E-state index in [0.29, 0.717) is 36.5 Å². The van der Waals surface area contributed by atoms with E-state index < -0.39 is 11.6 Å². The number of hydrogen-bond acceptors (Lipinski definition) is 6. The normalized spacial score (nSPS) is 17.1. The number of aryl methyl sites for hydroxylation is 1. The minimum absolute atomic E-state index is 0.199. The fourth-order valence-electron chi connectivity index (χ4n) is 5.75. The summed E-state index contributed by atoms with van der Waals surface area (Å²) in [7, 11) is 0. The second kappa shape index (κ2) is 9.21. The van der Waals surface area contributed by atoms with Crippen LogP contribution in [0.4, 0.5) is 16.2 Å². The highest BCUT2D eigenvalue weighted by molar-refractivity contribution is 6.10. The van der Waals surface area contributed by atoms with E-state index in [9.17, 15) is 14.4 Å². The summed E-state index contributed by atoms with van der Waals surface area (Å²) in [6, 6.07) is 13.6. The second-order valence-electron chi connectivity index (χ2n) is 11.9. The Morgan fingerprint density at radius 1 is 1.05 bits per heavy atom. The number of esters is 1. The second-order valence-corrected chi connectivity index (χ2v) is 11.9. The number of carbonyl (C=O) groups is 3. The molecule has 208 valence electrons. The Balaban J connectivity index is 1.45. The van der Waals surface area contributed by atoms with Gasteiger partial charge in [0.25, 0.3) is 5.91 Å². The molecule has 0 unspecified atom stereocenters. The third-order valence-corrected chi connectivity index (χ3v) is 7.81. The van der Waals surface area contributed by atoms with E-state index in [2.05, 4.69) is 0 Å². The van der Waals surface area contributed by atoms with Gasteiger partial charge in [-0.15, -0.1) is 0 Å². The maximum atomic E-state index is 14.2. The number of fused-ring (bicyclic) bond motifs is 3. The van der Waals surface area contributed by atoms with E-state index in [1.54, 1.807) is 21.4 Å². The molecule has 3 aromatic rings. The van der Waals surface area contributed by atoms with Gasteiger partial charge in [-0.1, -0.05) is 17.7 Å². The number of ether oxygens (including phenoxy) is 2. The number of hydrogen-bond donors (Lipinski definition) is 0. The largest absolute Gasteiger partial charge is 0.461 e. The van der Waals surface area contributed by atoms with Gasteiger partial charge in [0.15, 0.2) is 5.69 Å². The predicted octanol–water partition coefficient (Wildman–Crippen LogP) is 5.35. The molecule has 1 spiro atoms. The molecule has 1 aromatic heterocycles. The van der Waals surface area contributed by atoms with Gasteiger partial charge in [-0.2, -0.15) is 5.10 Å². The summed E-state index contributed by atoms with van der Waals surface area (Å²) < 4.78 is 12.6. The first-order valence-electron chi connectivity index (χ1n) is 13.8. The van der Waals surface area contributed by atoms with Crippen LogP contribution >= 0.6 is 0 Å². The van der Waals surface area contributed by atoms with Gasteiger partial charge in [-0.05, 0) is 89.8 Å². The van der Waals surface area contributed by atoms with Gasteiger partial charge in [0, 0.05) is 29.8 Å². The van der Waals surface area contributed by atoms with Crippen molar-refractivity contribution in [3.8, 4) is 5.69 Å². The van der Waals surface area contributed by atoms with Crippen molar-refractivity contribution < 1.29 is 23.9 Å². The highest BCUT2D eigenvalue weighted by Crippen LogP contribution is 2.54. The smallest absolute Gasteiger partial charge is 0.414 e. The Bertz CT molecular complexity index is 1530. The number of rotatable bonds is 4. The van der Waals surface area contributed by atoms with Crippen molar-refractivity contribution >= 4 is 29.3 Å². The highest BCUT2D eigenvalue weighted by atomic mass is 16.6. The monoisotopic (exact) mass is 542 g/mol. The van der Waals surface area contributed by atoms with E-state index in [1.165, 1.54) is 0 Å². The number of amides is 2. The quantitative estimate of drug-likeness (QED) is 0.413. The SMILES string of the molecule is CCOC(=O)c1nn(-c2ccc3c(c2)CCN3C(=O)OC(C)(C)C)c2c1C1(CC1)CN(c1ccc(C)cc1)C2=O. The van der Waals surface area contributed by atoms with Crippen LogP contribution in [0.5, 0.6) is 0 Å². The van der Waals surface area contributed by atoms with Gasteiger partial charge in [0.1, 0.15) is 11.3 Å². The van der Waals surface area contributed by atoms with Gasteiger partial charge in [-0.3, -0.25) is 9.69 Å². The molecule has 6 rings (SSSR count). The fraction of sp³-hybridized carbons (Fsp3) is 0.419. The molecule has 9 heteroatoms. The molecular weight excluding hydrogens is 508 g/mol. The van der Waals surface area contributed by atoms with E-state index in [1.807, 2.05) is 70.2 Å². The summed E-state index contributed by atoms with van der Waals surface area (Å²) in [6.45, 7) is 10.5. The molecule has 9 nitrogen and oxygen atoms in total. The third kappa shape index (κ3) is 4.33. The van der Waals surface area contributed by atoms with Crippen LogP contribution < -0.4 is 9.80 Å². The van der Waals surface area contributed by atoms with Crippen molar-refractivity contribution in [2.75, 3.05) is 29.5 Å². The summed E-state index contributed by atoms with van der Waals surface area (Å²) >= 11 is 0. The zero-order valence-electron chi connectivity index (χ0n) is 23.6. The Morgan fingerprint density at radius 3 is 2.40 bits per heavy atom. The molecule has 0 N–H and O–H groups in total. The molecular formula is C31H34N4O5. The predicted molar refractivity (Wildman–Crippen MR) is 151 cm³/mol. The van der Waals surface area contributed by atoms with Crippen molar-refractivity contribution in [2.24, 2.45) is 0 Å². The molecule has 0 atom stereocenters. The van der Waals surface area contributed by atoms with Gasteiger partial charge >= 0.3 is 12.1 Å². The van der Waals surface area contributed by atoms with Gasteiger partial charge < -0.3 is 14.4 Å². The zero-order valence-corrected chi connectivity index (χ0v) is 23.6. The minimum Gasteiger partial charge on any atom is -0.461 e. The van der Waals surface area contributed by atoms with E-state index in [0.717, 1.165) is 35.3 Å². The van der Waals surface area contributed by atoms with Gasteiger partial charge in [0.2, 0.25) is 0 Å². The molecule has 1 aliphatic carbocycles. The fourth-order valence-corrected chi connectivity index (χ4v) is 5.75. The van der Waals surface area contributed by atoms with Crippen LogP contribution in [0.1, 0.15) is 78.2 Å². The molecule has 1 fully saturated rings. The van der Waals surface area contributed by atoms with E-state index in [-0.39, 0.29) is 29.7 Å². The summed E-state index contributed by atoms with van der Waals surface area (Å²) in [5.41, 5.74) is 4.68. The average molecular weight is 543 g/mol. The zero-order chi connectivity index (χ0) is 28.4. The summed E-state index contributed by atoms with van der Waals surface area (Å²) in [5, 5.41) is 4.73. The summed E-state index contributed by atoms with van der Waals surface area (Å²) in [4.78, 5) is 43.5. The van der Waals surface area contributed by atoms with E-state index in [4.69, 9.17) is 14.6 Å². The Hall–Kier alpha value is -4.14. The van der Waals surface area contributed by atoms with Crippen molar-refractivity contribution in [1.82, 2.24) is 9.78 Å². The van der Waals surface area contributed by atoms with E-state index >= 15 is 0 Å². The Labute approximate surface area is 233 Å². The number of benzene rings is 2. The van der Waals surface area contributed by atoms with Crippen LogP contribution in [0.2, 0.25) is 0 Å². The lowest BCUT2D eigenvalue weighted by Crippen LogP contribution is -2.44. The Morgan fingerprint density at radius 2 is 1.75 bits per heavy atom. The number of nitrogens with zero attached hydrogens (tertiary/aromatic N) is 4. The summed E-state index contributed by atoms with van der Waals surface area (Å²) in [5.74, 6) is -0.715. The number of carbonyl (C=O) groups excluding carboxylic acids is 3. The molecule has 1 saturated carbocycles. The van der Waals surface area contributed by atoms with Crippen molar-refractivity contribution in [1.29, 1.82) is 0 Å². The van der Waals surface area contributed by atoms with Crippen molar-refractivity contribution in [2.45, 2.75) is 64.9 Å². The molecule has 40 heavy (non-hydrogen) atoms. The topological polar surface area (TPSA) is 94.0 Å². The van der Waals surface area contributed by atoms with Crippen LogP contribution in [0, 0.1) is 6.92 Å². The number of aromatic nitrogens is 2. The van der Waals surface area contributed by atoms with Crippen LogP contribution in [-0.2, 0) is 21.3 Å². The van der Waals surface area contributed by atoms with Gasteiger partial charge in [0.05, 0.1) is 18.0 Å². The maximum absolute atomic E-state index is 14.2. The summed E-state index contributed by atoms with van der Waals surface area (Å²) in [6.07, 6.45) is 1.98. The van der Waals surface area contributed by atoms with Crippen molar-refractivity contribution in [3.63, 3.8) is 0 Å². The maximum Gasteiger partial charge on any atom is 0.414 e. The molecule has 2 amide bonds. The standard InChI is InChI=1S/C31H34N4O5/c1-6-39-28(37)25-24-26(27(36)34(18-31(24)14-15-31)21-9-7-19(2)8-10-21)35(32-25)22-11-12-23-20(17-22)13-16-33(23)29(38)40-30(3,4)5/h7-12,17H,6,13-16,18H2,1-5H3. The first-order chi connectivity index (χ1) is 19.0. The first-order valence-corrected chi connectivity index (χ1v) is 13.8. The third-order valence-electron chi connectivity index (χ3n) is 7.81. The van der Waals surface area contributed by atoms with Crippen molar-refractivity contribution in [3.05, 3.63) is 70.5 Å². The molecule has 0 radical (unpaired) electrons. The molecule has 2 aromatic carbocycles. The molecule has 3 heterocycles. The van der Waals surface area contributed by atoms with Crippen LogP contribution in [0.3, 0.4) is 0 Å². The lowest BCUT2D eigenvalue weighted by molar-refractivity contribution is 0.0515. The molecule has 3 aliphatic rings. The molecule has 0 saturated heterocycles. The number of anilines is 2. The average Bonchev–Trinajstić information content (AvgIpc) is 3.34. The molecule has 0 bridgehead atoms. The van der Waals surface area contributed by atoms with Gasteiger partial charge in [-0.25, -0.2) is 14.3 Å². The molecule has 2 aliphatic heterocycles. The van der Waals surface area contributed by atoms with Crippen LogP contribution in [0.25, 0.3) is 5.69 Å².